The monoisotopic (exact) mass is 1170 g/mol. The highest BCUT2D eigenvalue weighted by Gasteiger charge is 2.53. The summed E-state index contributed by atoms with van der Waals surface area (Å²) < 4.78 is 34.6. The summed E-state index contributed by atoms with van der Waals surface area (Å²) in [6.45, 7) is 1.78. The summed E-state index contributed by atoms with van der Waals surface area (Å²) in [4.78, 5) is 13.4. The molecule has 0 radical (unpaired) electrons. The molecule has 19 heteroatoms. The van der Waals surface area contributed by atoms with Crippen molar-refractivity contribution in [2.45, 2.75) is 362 Å². The Morgan fingerprint density at radius 2 is 0.864 bits per heavy atom. The van der Waals surface area contributed by atoms with Crippen LogP contribution in [0.3, 0.4) is 0 Å². The summed E-state index contributed by atoms with van der Waals surface area (Å²) >= 11 is 0. The first-order valence-electron chi connectivity index (χ1n) is 32.8. The molecule has 12 N–H and O–H groups in total. The van der Waals surface area contributed by atoms with Crippen LogP contribution < -0.4 is 5.32 Å². The van der Waals surface area contributed by atoms with E-state index in [2.05, 4.69) is 19.2 Å². The third-order valence-corrected chi connectivity index (χ3v) is 16.9. The quantitative estimate of drug-likeness (QED) is 0.0269. The molecule has 19 nitrogen and oxygen atoms in total. The van der Waals surface area contributed by atoms with Crippen LogP contribution in [0.25, 0.3) is 0 Å². The number of hydrogen-bond donors (Lipinski definition) is 12. The van der Waals surface area contributed by atoms with Crippen LogP contribution in [0.15, 0.2) is 0 Å². The topological polar surface area (TPSA) is 307 Å². The molecule has 0 aromatic heterocycles. The summed E-state index contributed by atoms with van der Waals surface area (Å²) in [6.07, 6.45) is 18.3. The molecule has 0 aromatic carbocycles. The maximum atomic E-state index is 13.4. The highest BCUT2D eigenvalue weighted by Crippen LogP contribution is 2.33. The van der Waals surface area contributed by atoms with Gasteiger partial charge in [0, 0.05) is 12.8 Å². The molecule has 3 aliphatic heterocycles. The first-order chi connectivity index (χ1) is 39.3. The molecule has 17 atom stereocenters. The molecule has 0 bridgehead atoms. The maximum Gasteiger partial charge on any atom is 0.220 e. The summed E-state index contributed by atoms with van der Waals surface area (Å²) in [7, 11) is 0. The van der Waals surface area contributed by atoms with Gasteiger partial charge in [-0.25, -0.2) is 0 Å². The van der Waals surface area contributed by atoms with E-state index < -0.39 is 131 Å². The SMILES string of the molecule is CCCCCCCCCCCCCCCCCCCCCCCCCC(=O)N[C@@H](CO[C@H]1O[C@H](CO)[C@@H](O[C@@H]2O[C@H](CO)[C@H](O)[C@H](O[C@@H]3C[C@@H](O)[C@@H](O)[C@@H](CO)O3)[C@H]2O)[C@H](O)[C@H]1O)[C@H](O)[C@H](O)CCCCCCCCCCCCCC. The van der Waals surface area contributed by atoms with Gasteiger partial charge in [-0.3, -0.25) is 4.79 Å². The minimum absolute atomic E-state index is 0.196. The molecule has 3 aliphatic rings. The van der Waals surface area contributed by atoms with E-state index in [1.54, 1.807) is 0 Å². The van der Waals surface area contributed by atoms with Crippen molar-refractivity contribution in [3.8, 4) is 0 Å². The fourth-order valence-electron chi connectivity index (χ4n) is 11.6. The standard InChI is InChI=1S/C62H119NO18/c1-3-5-7-9-11-13-15-17-18-19-20-21-22-23-24-25-26-27-29-31-33-35-37-39-51(69)63-45(53(70)46(67)38-36-34-32-30-28-16-14-12-10-8-6-4-2)44-76-61-57(74)56(73)59(50(43-66)79-61)81-62-58(75)60(55(72)49(42-65)78-62)80-52-40-47(68)54(71)48(41-64)77-52/h45-50,52-62,64-68,70-75H,3-44H2,1-2H3,(H,63,69)/t45-,46+,47+,48+,49+,50+,52+,53-,54+,55-,56+,57+,58+,59+,60-,61-,62-/m0/s1. The number of rotatable bonds is 50. The number of ether oxygens (including phenoxy) is 6. The van der Waals surface area contributed by atoms with Crippen molar-refractivity contribution < 1.29 is 89.4 Å². The Morgan fingerprint density at radius 3 is 1.31 bits per heavy atom. The smallest absolute Gasteiger partial charge is 0.220 e. The van der Waals surface area contributed by atoms with E-state index in [1.165, 1.54) is 173 Å². The molecule has 1 amide bonds. The van der Waals surface area contributed by atoms with Crippen LogP contribution in [0.1, 0.15) is 258 Å². The van der Waals surface area contributed by atoms with Gasteiger partial charge < -0.3 is 89.9 Å². The second-order valence-corrected chi connectivity index (χ2v) is 24.0. The fourth-order valence-corrected chi connectivity index (χ4v) is 11.6. The number of aliphatic hydroxyl groups excluding tert-OH is 11. The lowest BCUT2D eigenvalue weighted by Crippen LogP contribution is -2.66. The molecule has 0 aliphatic carbocycles. The van der Waals surface area contributed by atoms with Crippen LogP contribution in [-0.2, 0) is 33.2 Å². The Labute approximate surface area is 487 Å². The zero-order chi connectivity index (χ0) is 59.0. The van der Waals surface area contributed by atoms with Crippen molar-refractivity contribution in [2.24, 2.45) is 0 Å². The van der Waals surface area contributed by atoms with Crippen molar-refractivity contribution in [3.63, 3.8) is 0 Å². The van der Waals surface area contributed by atoms with Crippen LogP contribution >= 0.6 is 0 Å². The third kappa shape index (κ3) is 29.8. The molecule has 3 rings (SSSR count). The van der Waals surface area contributed by atoms with E-state index in [1.807, 2.05) is 0 Å². The first kappa shape index (κ1) is 74.0. The van der Waals surface area contributed by atoms with Crippen LogP contribution in [-0.4, -0.2) is 193 Å². The van der Waals surface area contributed by atoms with E-state index in [0.717, 1.165) is 38.5 Å². The van der Waals surface area contributed by atoms with Gasteiger partial charge in [-0.1, -0.05) is 232 Å². The number of aliphatic hydroxyl groups is 11. The van der Waals surface area contributed by atoms with Crippen LogP contribution in [0, 0.1) is 0 Å². The van der Waals surface area contributed by atoms with Gasteiger partial charge >= 0.3 is 0 Å². The van der Waals surface area contributed by atoms with Crippen LogP contribution in [0.4, 0.5) is 0 Å². The molecule has 0 spiro atoms. The second-order valence-electron chi connectivity index (χ2n) is 24.0. The molecule has 81 heavy (non-hydrogen) atoms. The molecule has 0 aromatic rings. The van der Waals surface area contributed by atoms with Gasteiger partial charge in [0.15, 0.2) is 18.9 Å². The normalized spacial score (nSPS) is 29.2. The van der Waals surface area contributed by atoms with Crippen LogP contribution in [0.2, 0.25) is 0 Å². The summed E-state index contributed by atoms with van der Waals surface area (Å²) in [5.41, 5.74) is 0. The molecule has 0 unspecified atom stereocenters. The van der Waals surface area contributed by atoms with E-state index in [-0.39, 0.29) is 25.2 Å². The Balaban J connectivity index is 1.46. The Kier molecular flexibility index (Phi) is 42.1. The lowest BCUT2D eigenvalue weighted by Gasteiger charge is -2.47. The number of unbranched alkanes of at least 4 members (excludes halogenated alkanes) is 33. The van der Waals surface area contributed by atoms with Crippen LogP contribution in [0.5, 0.6) is 0 Å². The number of carbonyl (C=O) groups is 1. The Hall–Kier alpha value is -1.21. The predicted octanol–water partition coefficient (Wildman–Crippen LogP) is 7.16. The molecule has 0 saturated carbocycles. The van der Waals surface area contributed by atoms with Gasteiger partial charge in [0.25, 0.3) is 0 Å². The highest BCUT2D eigenvalue weighted by atomic mass is 16.8. The molecule has 3 heterocycles. The third-order valence-electron chi connectivity index (χ3n) is 16.9. The van der Waals surface area contributed by atoms with E-state index in [9.17, 15) is 61.0 Å². The Bertz CT molecular complexity index is 1490. The number of hydrogen-bond acceptors (Lipinski definition) is 18. The van der Waals surface area contributed by atoms with E-state index in [0.29, 0.717) is 12.8 Å². The van der Waals surface area contributed by atoms with Gasteiger partial charge in [0.05, 0.1) is 44.7 Å². The van der Waals surface area contributed by atoms with Gasteiger partial charge in [-0.2, -0.15) is 0 Å². The van der Waals surface area contributed by atoms with E-state index >= 15 is 0 Å². The largest absolute Gasteiger partial charge is 0.394 e. The molecular weight excluding hydrogens is 1050 g/mol. The average Bonchev–Trinajstić information content (AvgIpc) is 3.57. The minimum Gasteiger partial charge on any atom is -0.394 e. The average molecular weight is 1170 g/mol. The van der Waals surface area contributed by atoms with Gasteiger partial charge in [0.1, 0.15) is 67.1 Å². The van der Waals surface area contributed by atoms with Crippen molar-refractivity contribution in [1.82, 2.24) is 5.32 Å². The van der Waals surface area contributed by atoms with Crippen molar-refractivity contribution >= 4 is 5.91 Å². The second kappa shape index (κ2) is 46.0. The zero-order valence-electron chi connectivity index (χ0n) is 50.3. The number of nitrogens with one attached hydrogen (secondary N) is 1. The highest BCUT2D eigenvalue weighted by molar-refractivity contribution is 5.76. The first-order valence-corrected chi connectivity index (χ1v) is 32.8. The minimum atomic E-state index is -1.87. The summed E-state index contributed by atoms with van der Waals surface area (Å²) in [5.74, 6) is -0.341. The van der Waals surface area contributed by atoms with E-state index in [4.69, 9.17) is 28.4 Å². The van der Waals surface area contributed by atoms with Crippen molar-refractivity contribution in [1.29, 1.82) is 0 Å². The maximum absolute atomic E-state index is 13.4. The summed E-state index contributed by atoms with van der Waals surface area (Å²) in [6, 6.07) is -1.14. The molecule has 3 saturated heterocycles. The van der Waals surface area contributed by atoms with Gasteiger partial charge in [-0.05, 0) is 12.8 Å². The fraction of sp³-hybridized carbons (Fsp3) is 0.984. The summed E-state index contributed by atoms with van der Waals surface area (Å²) in [5, 5.41) is 121. The predicted molar refractivity (Wildman–Crippen MR) is 310 cm³/mol. The lowest BCUT2D eigenvalue weighted by atomic mass is 9.96. The Morgan fingerprint density at radius 1 is 0.457 bits per heavy atom. The zero-order valence-corrected chi connectivity index (χ0v) is 50.3. The molecule has 3 fully saturated rings. The number of carbonyl (C=O) groups excluding carboxylic acids is 1. The van der Waals surface area contributed by atoms with Gasteiger partial charge in [-0.15, -0.1) is 0 Å². The van der Waals surface area contributed by atoms with Gasteiger partial charge in [0.2, 0.25) is 5.91 Å². The lowest BCUT2D eigenvalue weighted by molar-refractivity contribution is -0.373. The number of amides is 1. The van der Waals surface area contributed by atoms with Crippen molar-refractivity contribution in [3.05, 3.63) is 0 Å². The molecule has 480 valence electrons. The van der Waals surface area contributed by atoms with Crippen molar-refractivity contribution in [2.75, 3.05) is 26.4 Å². The molecular formula is C62H119NO18.